The Morgan fingerprint density at radius 2 is 2.16 bits per heavy atom. The first-order chi connectivity index (χ1) is 9.08. The van der Waals surface area contributed by atoms with Crippen LogP contribution >= 0.6 is 0 Å². The van der Waals surface area contributed by atoms with Gasteiger partial charge in [0.2, 0.25) is 5.91 Å². The molecule has 1 aliphatic rings. The summed E-state index contributed by atoms with van der Waals surface area (Å²) in [5, 5.41) is 12.0. The number of likely N-dealkylation sites (N-methyl/N-ethyl adjacent to an activating group) is 1. The molecule has 1 saturated heterocycles. The van der Waals surface area contributed by atoms with Crippen molar-refractivity contribution in [3.05, 3.63) is 0 Å². The zero-order chi connectivity index (χ0) is 14.3. The summed E-state index contributed by atoms with van der Waals surface area (Å²) in [4.78, 5) is 14.1. The van der Waals surface area contributed by atoms with Crippen LogP contribution in [0.25, 0.3) is 0 Å². The number of rotatable bonds is 6. The predicted octanol–water partition coefficient (Wildman–Crippen LogP) is 0.0245. The highest BCUT2D eigenvalue weighted by atomic mass is 16.5. The predicted molar refractivity (Wildman–Crippen MR) is 70.0 cm³/mol. The van der Waals surface area contributed by atoms with E-state index in [9.17, 15) is 4.79 Å². The molecule has 19 heavy (non-hydrogen) atoms. The Morgan fingerprint density at radius 3 is 2.68 bits per heavy atom. The lowest BCUT2D eigenvalue weighted by atomic mass is 9.77. The highest BCUT2D eigenvalue weighted by Gasteiger charge is 2.45. The van der Waals surface area contributed by atoms with Crippen LogP contribution < -0.4 is 5.73 Å². The molecule has 0 saturated carbocycles. The summed E-state index contributed by atoms with van der Waals surface area (Å²) in [6.07, 6.45) is 0.863. The molecule has 1 heterocycles. The smallest absolute Gasteiger partial charge is 0.236 e. The van der Waals surface area contributed by atoms with Gasteiger partial charge in [0.05, 0.1) is 6.61 Å². The quantitative estimate of drug-likeness (QED) is 0.234. The van der Waals surface area contributed by atoms with Crippen LogP contribution in [0.15, 0.2) is 5.16 Å². The number of oxime groups is 1. The molecule has 0 spiro atoms. The van der Waals surface area contributed by atoms with Crippen molar-refractivity contribution in [3.8, 4) is 0 Å². The molecule has 1 rings (SSSR count). The van der Waals surface area contributed by atoms with Gasteiger partial charge in [0, 0.05) is 33.4 Å². The second-order valence-corrected chi connectivity index (χ2v) is 4.60. The van der Waals surface area contributed by atoms with Crippen LogP contribution in [0.5, 0.6) is 0 Å². The molecule has 0 aromatic rings. The molecular weight excluding hydrogens is 250 g/mol. The van der Waals surface area contributed by atoms with Gasteiger partial charge in [0.1, 0.15) is 5.41 Å². The Labute approximate surface area is 113 Å². The molecule has 1 fully saturated rings. The van der Waals surface area contributed by atoms with E-state index in [2.05, 4.69) is 5.16 Å². The minimum absolute atomic E-state index is 0.0379. The number of carbonyl (C=O) groups is 1. The van der Waals surface area contributed by atoms with Gasteiger partial charge in [-0.15, -0.1) is 0 Å². The average molecular weight is 273 g/mol. The Kier molecular flexibility index (Phi) is 6.04. The molecule has 1 amide bonds. The molecule has 1 aliphatic heterocycles. The van der Waals surface area contributed by atoms with Gasteiger partial charge in [0.25, 0.3) is 0 Å². The Balaban J connectivity index is 2.77. The van der Waals surface area contributed by atoms with E-state index in [-0.39, 0.29) is 11.7 Å². The summed E-state index contributed by atoms with van der Waals surface area (Å²) in [7, 11) is 1.70. The third-order valence-electron chi connectivity index (χ3n) is 3.48. The van der Waals surface area contributed by atoms with Crippen molar-refractivity contribution < 1.29 is 19.5 Å². The number of ether oxygens (including phenoxy) is 2. The largest absolute Gasteiger partial charge is 0.409 e. The molecule has 7 nitrogen and oxygen atoms in total. The second kappa shape index (κ2) is 7.30. The van der Waals surface area contributed by atoms with E-state index in [1.165, 1.54) is 0 Å². The number of amidine groups is 1. The van der Waals surface area contributed by atoms with Gasteiger partial charge < -0.3 is 25.3 Å². The fourth-order valence-electron chi connectivity index (χ4n) is 2.21. The zero-order valence-corrected chi connectivity index (χ0v) is 11.6. The van der Waals surface area contributed by atoms with Gasteiger partial charge in [-0.2, -0.15) is 0 Å². The molecule has 0 radical (unpaired) electrons. The first kappa shape index (κ1) is 15.7. The summed E-state index contributed by atoms with van der Waals surface area (Å²) < 4.78 is 10.5. The van der Waals surface area contributed by atoms with E-state index < -0.39 is 5.41 Å². The molecular formula is C12H23N3O4. The molecule has 0 bridgehead atoms. The highest BCUT2D eigenvalue weighted by Crippen LogP contribution is 2.32. The van der Waals surface area contributed by atoms with Gasteiger partial charge in [-0.25, -0.2) is 0 Å². The summed E-state index contributed by atoms with van der Waals surface area (Å²) in [6, 6.07) is 0. The van der Waals surface area contributed by atoms with Gasteiger partial charge in [-0.05, 0) is 19.8 Å². The van der Waals surface area contributed by atoms with Crippen LogP contribution in [-0.4, -0.2) is 61.9 Å². The first-order valence-electron chi connectivity index (χ1n) is 6.47. The third-order valence-corrected chi connectivity index (χ3v) is 3.48. The van der Waals surface area contributed by atoms with Crippen molar-refractivity contribution in [1.29, 1.82) is 0 Å². The molecule has 0 aliphatic carbocycles. The zero-order valence-electron chi connectivity index (χ0n) is 11.6. The summed E-state index contributed by atoms with van der Waals surface area (Å²) in [5.74, 6) is -0.185. The molecule has 0 aromatic carbocycles. The first-order valence-corrected chi connectivity index (χ1v) is 6.47. The lowest BCUT2D eigenvalue weighted by molar-refractivity contribution is -0.142. The SMILES string of the molecule is CCOCCN(C)C(=O)C1(C(N)=NO)CCOCC1. The van der Waals surface area contributed by atoms with Crippen molar-refractivity contribution in [1.82, 2.24) is 4.90 Å². The summed E-state index contributed by atoms with van der Waals surface area (Å²) in [5.41, 5.74) is 4.79. The van der Waals surface area contributed by atoms with E-state index in [0.29, 0.717) is 45.8 Å². The van der Waals surface area contributed by atoms with Gasteiger partial charge in [0.15, 0.2) is 5.84 Å². The summed E-state index contributed by atoms with van der Waals surface area (Å²) >= 11 is 0. The van der Waals surface area contributed by atoms with Crippen LogP contribution in [0.3, 0.4) is 0 Å². The minimum Gasteiger partial charge on any atom is -0.409 e. The summed E-state index contributed by atoms with van der Waals surface area (Å²) in [6.45, 7) is 4.33. The van der Waals surface area contributed by atoms with Crippen molar-refractivity contribution in [2.45, 2.75) is 19.8 Å². The van der Waals surface area contributed by atoms with E-state index in [1.807, 2.05) is 6.92 Å². The lowest BCUT2D eigenvalue weighted by Crippen LogP contribution is -2.53. The standard InChI is InChI=1S/C12H23N3O4/c1-3-18-9-6-15(2)11(16)12(10(13)14-17)4-7-19-8-5-12/h17H,3-9H2,1-2H3,(H2,13,14). The Bertz CT molecular complexity index is 327. The van der Waals surface area contributed by atoms with Crippen molar-refractivity contribution in [2.75, 3.05) is 40.0 Å². The van der Waals surface area contributed by atoms with Crippen LogP contribution in [0.2, 0.25) is 0 Å². The van der Waals surface area contributed by atoms with E-state index in [1.54, 1.807) is 11.9 Å². The Morgan fingerprint density at radius 1 is 1.53 bits per heavy atom. The van der Waals surface area contributed by atoms with Crippen LogP contribution in [0, 0.1) is 5.41 Å². The molecule has 0 atom stereocenters. The average Bonchev–Trinajstić information content (AvgIpc) is 2.46. The minimum atomic E-state index is -0.950. The second-order valence-electron chi connectivity index (χ2n) is 4.60. The van der Waals surface area contributed by atoms with Crippen LogP contribution in [0.1, 0.15) is 19.8 Å². The number of hydrogen-bond acceptors (Lipinski definition) is 5. The van der Waals surface area contributed by atoms with Crippen molar-refractivity contribution >= 4 is 11.7 Å². The Hall–Kier alpha value is -1.34. The highest BCUT2D eigenvalue weighted by molar-refractivity contribution is 6.06. The maximum absolute atomic E-state index is 12.6. The van der Waals surface area contributed by atoms with Gasteiger partial charge in [-0.3, -0.25) is 4.79 Å². The molecule has 110 valence electrons. The maximum atomic E-state index is 12.6. The van der Waals surface area contributed by atoms with Crippen molar-refractivity contribution in [2.24, 2.45) is 16.3 Å². The number of hydrogen-bond donors (Lipinski definition) is 2. The van der Waals surface area contributed by atoms with Crippen LogP contribution in [-0.2, 0) is 14.3 Å². The van der Waals surface area contributed by atoms with E-state index >= 15 is 0 Å². The van der Waals surface area contributed by atoms with E-state index in [4.69, 9.17) is 20.4 Å². The molecule has 0 aromatic heterocycles. The molecule has 3 N–H and O–H groups in total. The number of nitrogens with two attached hydrogens (primary N) is 1. The van der Waals surface area contributed by atoms with Crippen LogP contribution in [0.4, 0.5) is 0 Å². The maximum Gasteiger partial charge on any atom is 0.236 e. The molecule has 0 unspecified atom stereocenters. The van der Waals surface area contributed by atoms with Gasteiger partial charge >= 0.3 is 0 Å². The fourth-order valence-corrected chi connectivity index (χ4v) is 2.21. The normalized spacial score (nSPS) is 19.2. The van der Waals surface area contributed by atoms with Crippen molar-refractivity contribution in [3.63, 3.8) is 0 Å². The number of nitrogens with zero attached hydrogens (tertiary/aromatic N) is 2. The van der Waals surface area contributed by atoms with Gasteiger partial charge in [-0.1, -0.05) is 5.16 Å². The number of carbonyl (C=O) groups excluding carboxylic acids is 1. The monoisotopic (exact) mass is 273 g/mol. The lowest BCUT2D eigenvalue weighted by Gasteiger charge is -2.37. The molecule has 7 heteroatoms. The third kappa shape index (κ3) is 3.57. The number of amides is 1. The van der Waals surface area contributed by atoms with E-state index in [0.717, 1.165) is 0 Å². The fraction of sp³-hybridized carbons (Fsp3) is 0.833. The topological polar surface area (TPSA) is 97.4 Å².